The van der Waals surface area contributed by atoms with E-state index >= 15 is 0 Å². The van der Waals surface area contributed by atoms with Crippen LogP contribution in [0.5, 0.6) is 0 Å². The van der Waals surface area contributed by atoms with E-state index in [1.807, 2.05) is 61.5 Å². The average molecular weight is 292 g/mol. The lowest BCUT2D eigenvalue weighted by atomic mass is 10.1. The van der Waals surface area contributed by atoms with Crippen molar-refractivity contribution >= 4 is 5.96 Å². The number of rotatable bonds is 4. The molecule has 0 aromatic heterocycles. The van der Waals surface area contributed by atoms with Crippen molar-refractivity contribution in [2.45, 2.75) is 13.1 Å². The summed E-state index contributed by atoms with van der Waals surface area (Å²) in [6.07, 6.45) is 0. The number of hydrogen-bond acceptors (Lipinski definition) is 2. The van der Waals surface area contributed by atoms with E-state index in [-0.39, 0.29) is 0 Å². The highest BCUT2D eigenvalue weighted by Gasteiger charge is 2.02. The van der Waals surface area contributed by atoms with Gasteiger partial charge in [0.1, 0.15) is 0 Å². The van der Waals surface area contributed by atoms with Gasteiger partial charge in [-0.2, -0.15) is 5.26 Å². The Morgan fingerprint density at radius 1 is 1.05 bits per heavy atom. The Morgan fingerprint density at radius 3 is 2.32 bits per heavy atom. The summed E-state index contributed by atoms with van der Waals surface area (Å²) in [6, 6.07) is 19.9. The zero-order chi connectivity index (χ0) is 15.8. The van der Waals surface area contributed by atoms with Gasteiger partial charge in [0.15, 0.2) is 5.96 Å². The van der Waals surface area contributed by atoms with E-state index in [2.05, 4.69) is 28.5 Å². The van der Waals surface area contributed by atoms with Gasteiger partial charge in [0.25, 0.3) is 0 Å². The Morgan fingerprint density at radius 2 is 1.73 bits per heavy atom. The van der Waals surface area contributed by atoms with Gasteiger partial charge in [-0.1, -0.05) is 42.5 Å². The van der Waals surface area contributed by atoms with Gasteiger partial charge in [-0.3, -0.25) is 0 Å². The van der Waals surface area contributed by atoms with Gasteiger partial charge in [0.2, 0.25) is 0 Å². The van der Waals surface area contributed by atoms with Crippen LogP contribution in [0.1, 0.15) is 16.7 Å². The number of guanidine groups is 1. The molecule has 0 fully saturated rings. The van der Waals surface area contributed by atoms with Gasteiger partial charge < -0.3 is 10.2 Å². The monoisotopic (exact) mass is 292 g/mol. The number of nitriles is 1. The first-order chi connectivity index (χ1) is 10.7. The van der Waals surface area contributed by atoms with Crippen LogP contribution < -0.4 is 5.32 Å². The first kappa shape index (κ1) is 15.6. The molecule has 0 saturated heterocycles. The van der Waals surface area contributed by atoms with Gasteiger partial charge in [-0.15, -0.1) is 0 Å². The van der Waals surface area contributed by atoms with Crippen LogP contribution in [0.2, 0.25) is 0 Å². The van der Waals surface area contributed by atoms with E-state index in [9.17, 15) is 0 Å². The lowest BCUT2D eigenvalue weighted by Crippen LogP contribution is -2.36. The van der Waals surface area contributed by atoms with Gasteiger partial charge >= 0.3 is 0 Å². The average Bonchev–Trinajstić information content (AvgIpc) is 2.56. The van der Waals surface area contributed by atoms with Crippen molar-refractivity contribution in [1.82, 2.24) is 10.2 Å². The molecule has 22 heavy (non-hydrogen) atoms. The summed E-state index contributed by atoms with van der Waals surface area (Å²) in [5.74, 6) is 0.841. The van der Waals surface area contributed by atoms with Crippen molar-refractivity contribution in [2.24, 2.45) is 4.99 Å². The highest BCUT2D eigenvalue weighted by molar-refractivity contribution is 5.79. The lowest BCUT2D eigenvalue weighted by Gasteiger charge is -2.17. The highest BCUT2D eigenvalue weighted by Crippen LogP contribution is 2.04. The van der Waals surface area contributed by atoms with Crippen LogP contribution in [-0.2, 0) is 13.1 Å². The summed E-state index contributed by atoms with van der Waals surface area (Å²) in [5, 5.41) is 12.1. The minimum Gasteiger partial charge on any atom is -0.352 e. The minimum absolute atomic E-state index is 0.648. The zero-order valence-corrected chi connectivity index (χ0v) is 13.0. The SMILES string of the molecule is CN(C)C(=NCc1ccccc1)NCc1ccc(C#N)cc1. The van der Waals surface area contributed by atoms with E-state index in [4.69, 9.17) is 5.26 Å². The third-order valence-corrected chi connectivity index (χ3v) is 3.21. The molecule has 0 aliphatic carbocycles. The van der Waals surface area contributed by atoms with Crippen LogP contribution in [0, 0.1) is 11.3 Å². The number of nitrogens with zero attached hydrogens (tertiary/aromatic N) is 3. The largest absolute Gasteiger partial charge is 0.352 e. The molecule has 0 atom stereocenters. The molecule has 2 aromatic carbocycles. The van der Waals surface area contributed by atoms with E-state index in [0.717, 1.165) is 11.5 Å². The third-order valence-electron chi connectivity index (χ3n) is 3.21. The lowest BCUT2D eigenvalue weighted by molar-refractivity contribution is 0.578. The van der Waals surface area contributed by atoms with Crippen LogP contribution in [0.4, 0.5) is 0 Å². The quantitative estimate of drug-likeness (QED) is 0.696. The molecule has 1 N–H and O–H groups in total. The molecule has 4 nitrogen and oxygen atoms in total. The normalized spacial score (nSPS) is 10.9. The number of benzene rings is 2. The van der Waals surface area contributed by atoms with Gasteiger partial charge in [0, 0.05) is 20.6 Å². The summed E-state index contributed by atoms with van der Waals surface area (Å²) in [4.78, 5) is 6.59. The molecule has 2 rings (SSSR count). The first-order valence-corrected chi connectivity index (χ1v) is 7.17. The predicted octanol–water partition coefficient (Wildman–Crippen LogP) is 2.77. The molecule has 0 unspecified atom stereocenters. The van der Waals surface area contributed by atoms with Crippen molar-refractivity contribution in [2.75, 3.05) is 14.1 Å². The molecule has 0 spiro atoms. The maximum absolute atomic E-state index is 8.81. The van der Waals surface area contributed by atoms with Crippen molar-refractivity contribution in [3.05, 3.63) is 71.3 Å². The van der Waals surface area contributed by atoms with Gasteiger partial charge in [-0.25, -0.2) is 4.99 Å². The van der Waals surface area contributed by atoms with Crippen LogP contribution in [0.15, 0.2) is 59.6 Å². The van der Waals surface area contributed by atoms with Gasteiger partial charge in [-0.05, 0) is 23.3 Å². The molecular formula is C18H20N4. The maximum atomic E-state index is 8.81. The molecule has 0 radical (unpaired) electrons. The summed E-state index contributed by atoms with van der Waals surface area (Å²) in [5.41, 5.74) is 2.98. The summed E-state index contributed by atoms with van der Waals surface area (Å²) < 4.78 is 0. The summed E-state index contributed by atoms with van der Waals surface area (Å²) >= 11 is 0. The van der Waals surface area contributed by atoms with Crippen molar-refractivity contribution in [3.63, 3.8) is 0 Å². The van der Waals surface area contributed by atoms with Crippen molar-refractivity contribution < 1.29 is 0 Å². The second-order valence-electron chi connectivity index (χ2n) is 5.18. The van der Waals surface area contributed by atoms with Crippen molar-refractivity contribution in [3.8, 4) is 6.07 Å². The Hall–Kier alpha value is -2.80. The Kier molecular flexibility index (Phi) is 5.56. The maximum Gasteiger partial charge on any atom is 0.194 e. The number of aliphatic imine (C=N–C) groups is 1. The molecular weight excluding hydrogens is 272 g/mol. The molecule has 0 saturated carbocycles. The molecule has 0 aliphatic rings. The molecule has 0 amide bonds. The smallest absolute Gasteiger partial charge is 0.194 e. The van der Waals surface area contributed by atoms with E-state index in [1.54, 1.807) is 0 Å². The molecule has 112 valence electrons. The van der Waals surface area contributed by atoms with Crippen LogP contribution in [0.25, 0.3) is 0 Å². The Balaban J connectivity index is 1.98. The molecule has 0 bridgehead atoms. The molecule has 0 aliphatic heterocycles. The first-order valence-electron chi connectivity index (χ1n) is 7.17. The predicted molar refractivity (Wildman–Crippen MR) is 89.3 cm³/mol. The fourth-order valence-corrected chi connectivity index (χ4v) is 1.98. The summed E-state index contributed by atoms with van der Waals surface area (Å²) in [7, 11) is 3.94. The standard InChI is InChI=1S/C18H20N4/c1-22(2)18(20-13-16-6-4-3-5-7-16)21-14-17-10-8-15(12-19)9-11-17/h3-11H,13-14H2,1-2H3,(H,20,21). The Bertz CT molecular complexity index is 652. The van der Waals surface area contributed by atoms with Gasteiger partial charge in [0.05, 0.1) is 18.2 Å². The summed E-state index contributed by atoms with van der Waals surface area (Å²) in [6.45, 7) is 1.33. The van der Waals surface area contributed by atoms with Crippen LogP contribution >= 0.6 is 0 Å². The molecule has 2 aromatic rings. The number of nitrogens with one attached hydrogen (secondary N) is 1. The van der Waals surface area contributed by atoms with E-state index < -0.39 is 0 Å². The van der Waals surface area contributed by atoms with E-state index in [0.29, 0.717) is 18.7 Å². The third kappa shape index (κ3) is 4.64. The molecule has 0 heterocycles. The number of hydrogen-bond donors (Lipinski definition) is 1. The second kappa shape index (κ2) is 7.84. The van der Waals surface area contributed by atoms with E-state index in [1.165, 1.54) is 5.56 Å². The fraction of sp³-hybridized carbons (Fsp3) is 0.222. The topological polar surface area (TPSA) is 51.4 Å². The fourth-order valence-electron chi connectivity index (χ4n) is 1.98. The Labute approximate surface area is 131 Å². The minimum atomic E-state index is 0.648. The second-order valence-corrected chi connectivity index (χ2v) is 5.18. The van der Waals surface area contributed by atoms with Crippen LogP contribution in [0.3, 0.4) is 0 Å². The van der Waals surface area contributed by atoms with Crippen LogP contribution in [-0.4, -0.2) is 25.0 Å². The highest BCUT2D eigenvalue weighted by atomic mass is 15.3. The zero-order valence-electron chi connectivity index (χ0n) is 13.0. The van der Waals surface area contributed by atoms with Crippen molar-refractivity contribution in [1.29, 1.82) is 5.26 Å². The molecule has 4 heteroatoms.